The lowest BCUT2D eigenvalue weighted by Crippen LogP contribution is -2.38. The highest BCUT2D eigenvalue weighted by Gasteiger charge is 2.27. The van der Waals surface area contributed by atoms with Crippen LogP contribution >= 0.6 is 0 Å². The SMILES string of the molecule is CNc1ccc2c(c1)CCC(=O)N2C(C)=O. The van der Waals surface area contributed by atoms with Gasteiger partial charge in [-0.3, -0.25) is 14.5 Å². The molecule has 1 heterocycles. The Morgan fingerprint density at radius 2 is 2.12 bits per heavy atom. The number of nitrogens with zero attached hydrogens (tertiary/aromatic N) is 1. The summed E-state index contributed by atoms with van der Waals surface area (Å²) in [4.78, 5) is 24.3. The van der Waals surface area contributed by atoms with Gasteiger partial charge in [0.2, 0.25) is 11.8 Å². The molecule has 16 heavy (non-hydrogen) atoms. The third-order valence-electron chi connectivity index (χ3n) is 2.78. The first-order valence-corrected chi connectivity index (χ1v) is 5.27. The van der Waals surface area contributed by atoms with Crippen LogP contribution in [0.4, 0.5) is 11.4 Å². The number of anilines is 2. The fraction of sp³-hybridized carbons (Fsp3) is 0.333. The molecule has 0 saturated carbocycles. The normalized spacial score (nSPS) is 14.6. The molecule has 1 aromatic carbocycles. The van der Waals surface area contributed by atoms with Crippen LogP contribution in [0.2, 0.25) is 0 Å². The Morgan fingerprint density at radius 1 is 1.38 bits per heavy atom. The van der Waals surface area contributed by atoms with Gasteiger partial charge in [0.15, 0.2) is 0 Å². The van der Waals surface area contributed by atoms with Crippen LogP contribution in [0.1, 0.15) is 18.9 Å². The molecule has 0 aliphatic carbocycles. The molecular weight excluding hydrogens is 204 g/mol. The van der Waals surface area contributed by atoms with Gasteiger partial charge in [-0.25, -0.2) is 0 Å². The van der Waals surface area contributed by atoms with Crippen molar-refractivity contribution in [3.63, 3.8) is 0 Å². The minimum atomic E-state index is -0.219. The second kappa shape index (κ2) is 3.96. The van der Waals surface area contributed by atoms with E-state index in [4.69, 9.17) is 0 Å². The number of fused-ring (bicyclic) bond motifs is 1. The monoisotopic (exact) mass is 218 g/mol. The van der Waals surface area contributed by atoms with Crippen LogP contribution in [0.25, 0.3) is 0 Å². The third-order valence-corrected chi connectivity index (χ3v) is 2.78. The van der Waals surface area contributed by atoms with E-state index in [1.807, 2.05) is 25.2 Å². The van der Waals surface area contributed by atoms with Crippen LogP contribution in [-0.4, -0.2) is 18.9 Å². The average molecular weight is 218 g/mol. The van der Waals surface area contributed by atoms with Crippen molar-refractivity contribution in [1.82, 2.24) is 0 Å². The maximum Gasteiger partial charge on any atom is 0.234 e. The van der Waals surface area contributed by atoms with Crippen LogP contribution in [0.5, 0.6) is 0 Å². The molecule has 0 spiro atoms. The summed E-state index contributed by atoms with van der Waals surface area (Å²) in [5.41, 5.74) is 2.76. The Bertz CT molecular complexity index is 454. The lowest BCUT2D eigenvalue weighted by atomic mass is 10.0. The molecule has 4 heteroatoms. The van der Waals surface area contributed by atoms with Crippen LogP contribution in [0, 0.1) is 0 Å². The van der Waals surface area contributed by atoms with E-state index in [0.717, 1.165) is 16.9 Å². The molecule has 0 saturated heterocycles. The Kier molecular flexibility index (Phi) is 2.64. The van der Waals surface area contributed by atoms with E-state index in [0.29, 0.717) is 12.8 Å². The van der Waals surface area contributed by atoms with Crippen molar-refractivity contribution in [3.8, 4) is 0 Å². The Morgan fingerprint density at radius 3 is 2.75 bits per heavy atom. The zero-order valence-corrected chi connectivity index (χ0v) is 9.41. The number of amides is 2. The maximum absolute atomic E-state index is 11.6. The highest BCUT2D eigenvalue weighted by molar-refractivity contribution is 6.15. The molecule has 0 bridgehead atoms. The fourth-order valence-corrected chi connectivity index (χ4v) is 1.99. The van der Waals surface area contributed by atoms with Crippen LogP contribution in [0.3, 0.4) is 0 Å². The minimum Gasteiger partial charge on any atom is -0.388 e. The summed E-state index contributed by atoms with van der Waals surface area (Å²) in [6, 6.07) is 5.67. The molecule has 2 rings (SSSR count). The molecule has 0 unspecified atom stereocenters. The van der Waals surface area contributed by atoms with Gasteiger partial charge in [0.1, 0.15) is 0 Å². The van der Waals surface area contributed by atoms with Crippen molar-refractivity contribution in [2.45, 2.75) is 19.8 Å². The minimum absolute atomic E-state index is 0.114. The van der Waals surface area contributed by atoms with Gasteiger partial charge in [0.05, 0.1) is 5.69 Å². The van der Waals surface area contributed by atoms with E-state index in [1.165, 1.54) is 11.8 Å². The Hall–Kier alpha value is -1.84. The van der Waals surface area contributed by atoms with Crippen molar-refractivity contribution in [2.75, 3.05) is 17.3 Å². The molecule has 1 aliphatic heterocycles. The fourth-order valence-electron chi connectivity index (χ4n) is 1.99. The molecule has 4 nitrogen and oxygen atoms in total. The van der Waals surface area contributed by atoms with E-state index < -0.39 is 0 Å². The topological polar surface area (TPSA) is 49.4 Å². The maximum atomic E-state index is 11.6. The van der Waals surface area contributed by atoms with Gasteiger partial charge in [-0.1, -0.05) is 0 Å². The number of imide groups is 1. The second-order valence-electron chi connectivity index (χ2n) is 3.84. The quantitative estimate of drug-likeness (QED) is 0.778. The number of carbonyl (C=O) groups is 2. The van der Waals surface area contributed by atoms with Gasteiger partial charge in [0.25, 0.3) is 0 Å². The first kappa shape index (κ1) is 10.7. The first-order chi connectivity index (χ1) is 7.63. The van der Waals surface area contributed by atoms with Crippen molar-refractivity contribution in [3.05, 3.63) is 23.8 Å². The van der Waals surface area contributed by atoms with E-state index in [9.17, 15) is 9.59 Å². The summed E-state index contributed by atoms with van der Waals surface area (Å²) in [5.74, 6) is -0.333. The lowest BCUT2D eigenvalue weighted by Gasteiger charge is -2.27. The van der Waals surface area contributed by atoms with Crippen LogP contribution in [0.15, 0.2) is 18.2 Å². The summed E-state index contributed by atoms with van der Waals surface area (Å²) >= 11 is 0. The average Bonchev–Trinajstić information content (AvgIpc) is 2.27. The predicted octanol–water partition coefficient (Wildman–Crippen LogP) is 1.55. The van der Waals surface area contributed by atoms with E-state index in [-0.39, 0.29) is 11.8 Å². The second-order valence-corrected chi connectivity index (χ2v) is 3.84. The zero-order valence-electron chi connectivity index (χ0n) is 9.41. The van der Waals surface area contributed by atoms with Crippen molar-refractivity contribution < 1.29 is 9.59 Å². The van der Waals surface area contributed by atoms with Gasteiger partial charge in [-0.15, -0.1) is 0 Å². The molecular formula is C12H14N2O2. The van der Waals surface area contributed by atoms with Crippen LogP contribution < -0.4 is 10.2 Å². The summed E-state index contributed by atoms with van der Waals surface area (Å²) in [6.07, 6.45) is 1.10. The largest absolute Gasteiger partial charge is 0.388 e. The lowest BCUT2D eigenvalue weighted by molar-refractivity contribution is -0.125. The summed E-state index contributed by atoms with van der Waals surface area (Å²) in [5, 5.41) is 3.04. The van der Waals surface area contributed by atoms with E-state index >= 15 is 0 Å². The number of carbonyl (C=O) groups excluding carboxylic acids is 2. The predicted molar refractivity (Wildman–Crippen MR) is 62.5 cm³/mol. The van der Waals surface area contributed by atoms with Crippen molar-refractivity contribution in [2.24, 2.45) is 0 Å². The first-order valence-electron chi connectivity index (χ1n) is 5.27. The standard InChI is InChI=1S/C12H14N2O2/c1-8(15)14-11-5-4-10(13-2)7-9(11)3-6-12(14)16/h4-5,7,13H,3,6H2,1-2H3. The number of aryl methyl sites for hydroxylation is 1. The highest BCUT2D eigenvalue weighted by Crippen LogP contribution is 2.30. The summed E-state index contributed by atoms with van der Waals surface area (Å²) < 4.78 is 0. The molecule has 2 amide bonds. The number of hydrogen-bond donors (Lipinski definition) is 1. The summed E-state index contributed by atoms with van der Waals surface area (Å²) in [6.45, 7) is 1.42. The molecule has 84 valence electrons. The number of rotatable bonds is 1. The zero-order chi connectivity index (χ0) is 11.7. The van der Waals surface area contributed by atoms with Gasteiger partial charge in [0, 0.05) is 26.1 Å². The number of hydrogen-bond acceptors (Lipinski definition) is 3. The molecule has 0 aromatic heterocycles. The Balaban J connectivity index is 2.48. The molecule has 0 radical (unpaired) electrons. The van der Waals surface area contributed by atoms with Crippen molar-refractivity contribution in [1.29, 1.82) is 0 Å². The Labute approximate surface area is 94.2 Å². The highest BCUT2D eigenvalue weighted by atomic mass is 16.2. The summed E-state index contributed by atoms with van der Waals surface area (Å²) in [7, 11) is 1.85. The van der Waals surface area contributed by atoms with Gasteiger partial charge in [-0.05, 0) is 30.2 Å². The molecule has 1 N–H and O–H groups in total. The molecule has 1 aromatic rings. The van der Waals surface area contributed by atoms with E-state index in [2.05, 4.69) is 5.32 Å². The number of nitrogens with one attached hydrogen (secondary N) is 1. The van der Waals surface area contributed by atoms with E-state index in [1.54, 1.807) is 0 Å². The smallest absolute Gasteiger partial charge is 0.234 e. The third kappa shape index (κ3) is 1.66. The van der Waals surface area contributed by atoms with Gasteiger partial charge in [-0.2, -0.15) is 0 Å². The van der Waals surface area contributed by atoms with Gasteiger partial charge >= 0.3 is 0 Å². The van der Waals surface area contributed by atoms with Gasteiger partial charge < -0.3 is 5.32 Å². The van der Waals surface area contributed by atoms with Crippen molar-refractivity contribution >= 4 is 23.2 Å². The molecule has 0 fully saturated rings. The van der Waals surface area contributed by atoms with Crippen LogP contribution in [-0.2, 0) is 16.0 Å². The number of benzene rings is 1. The molecule has 0 atom stereocenters. The molecule has 1 aliphatic rings.